The van der Waals surface area contributed by atoms with Crippen LogP contribution >= 0.6 is 11.3 Å². The van der Waals surface area contributed by atoms with Crippen molar-refractivity contribution in [3.05, 3.63) is 85.9 Å². The Balaban J connectivity index is 1.94. The Morgan fingerprint density at radius 3 is 2.47 bits per heavy atom. The van der Waals surface area contributed by atoms with Gasteiger partial charge in [-0.05, 0) is 36.8 Å². The Morgan fingerprint density at radius 2 is 1.86 bits per heavy atom. The van der Waals surface area contributed by atoms with Gasteiger partial charge >= 0.3 is 11.9 Å². The maximum absolute atomic E-state index is 13.2. The second-order valence-electron chi connectivity index (χ2n) is 7.65. The fraction of sp³-hybridized carbons (Fsp3) is 0.167. The van der Waals surface area contributed by atoms with Crippen LogP contribution in [0, 0.1) is 17.0 Å². The zero-order valence-corrected chi connectivity index (χ0v) is 20.1. The number of thiazole rings is 1. The predicted molar refractivity (Wildman–Crippen MR) is 129 cm³/mol. The number of aliphatic hydroxyl groups excluding tert-OH is 1. The van der Waals surface area contributed by atoms with Gasteiger partial charge in [0.1, 0.15) is 16.4 Å². The highest BCUT2D eigenvalue weighted by Crippen LogP contribution is 2.44. The van der Waals surface area contributed by atoms with E-state index in [2.05, 4.69) is 4.98 Å². The number of aryl methyl sites for hydroxylation is 1. The summed E-state index contributed by atoms with van der Waals surface area (Å²) >= 11 is 0.852. The van der Waals surface area contributed by atoms with Gasteiger partial charge in [-0.3, -0.25) is 24.6 Å². The van der Waals surface area contributed by atoms with E-state index in [0.29, 0.717) is 17.0 Å². The first-order valence-electron chi connectivity index (χ1n) is 10.4. The summed E-state index contributed by atoms with van der Waals surface area (Å²) in [5.74, 6) is -2.66. The van der Waals surface area contributed by atoms with Crippen molar-refractivity contribution < 1.29 is 33.9 Å². The number of aliphatic hydroxyl groups is 1. The number of esters is 1. The van der Waals surface area contributed by atoms with Crippen LogP contribution in [0.3, 0.4) is 0 Å². The van der Waals surface area contributed by atoms with Crippen molar-refractivity contribution in [1.29, 1.82) is 0 Å². The molecule has 12 heteroatoms. The van der Waals surface area contributed by atoms with Gasteiger partial charge in [-0.2, -0.15) is 0 Å². The quantitative estimate of drug-likeness (QED) is 0.131. The monoisotopic (exact) mass is 509 g/mol. The molecule has 0 radical (unpaired) electrons. The van der Waals surface area contributed by atoms with Gasteiger partial charge in [0.25, 0.3) is 11.5 Å². The van der Waals surface area contributed by atoms with Crippen molar-refractivity contribution in [3.8, 4) is 5.75 Å². The average Bonchev–Trinajstić information content (AvgIpc) is 3.39. The molecule has 184 valence electrons. The number of nitrogens with zero attached hydrogens (tertiary/aromatic N) is 3. The highest BCUT2D eigenvalue weighted by atomic mass is 32.1. The van der Waals surface area contributed by atoms with E-state index in [1.165, 1.54) is 44.6 Å². The predicted octanol–water partition coefficient (Wildman–Crippen LogP) is 3.78. The number of nitro benzene ring substituents is 1. The number of amides is 1. The number of Topliss-reactive ketones (excluding diaryl/α,β-unsaturated/α-hetero) is 1. The number of anilines is 1. The fourth-order valence-electron chi connectivity index (χ4n) is 3.82. The zero-order chi connectivity index (χ0) is 26.1. The lowest BCUT2D eigenvalue weighted by Crippen LogP contribution is -2.29. The molecule has 4 rings (SSSR count). The van der Waals surface area contributed by atoms with Crippen molar-refractivity contribution >= 4 is 45.6 Å². The number of methoxy groups -OCH3 is 2. The molecule has 0 saturated carbocycles. The molecule has 3 aromatic rings. The first-order chi connectivity index (χ1) is 17.2. The fourth-order valence-corrected chi connectivity index (χ4v) is 4.83. The maximum atomic E-state index is 13.2. The van der Waals surface area contributed by atoms with E-state index >= 15 is 0 Å². The van der Waals surface area contributed by atoms with Gasteiger partial charge in [-0.1, -0.05) is 23.5 Å². The molecule has 1 amide bonds. The second-order valence-corrected chi connectivity index (χ2v) is 8.63. The molecule has 1 aromatic heterocycles. The van der Waals surface area contributed by atoms with Gasteiger partial charge in [0.15, 0.2) is 5.13 Å². The van der Waals surface area contributed by atoms with Crippen LogP contribution in [0.15, 0.2) is 54.1 Å². The first kappa shape index (κ1) is 24.5. The molecule has 1 unspecified atom stereocenters. The number of benzene rings is 2. The van der Waals surface area contributed by atoms with Crippen LogP contribution in [-0.2, 0) is 14.3 Å². The number of rotatable bonds is 6. The molecule has 1 saturated heterocycles. The third kappa shape index (κ3) is 4.18. The minimum Gasteiger partial charge on any atom is -0.507 e. The van der Waals surface area contributed by atoms with E-state index < -0.39 is 34.4 Å². The van der Waals surface area contributed by atoms with E-state index in [9.17, 15) is 29.6 Å². The minimum atomic E-state index is -1.17. The molecule has 1 fully saturated rings. The van der Waals surface area contributed by atoms with E-state index in [0.717, 1.165) is 16.2 Å². The summed E-state index contributed by atoms with van der Waals surface area (Å²) in [6.45, 7) is 1.56. The number of nitro groups is 1. The van der Waals surface area contributed by atoms with E-state index in [1.807, 2.05) is 0 Å². The third-order valence-electron chi connectivity index (χ3n) is 5.57. The normalized spacial score (nSPS) is 16.8. The van der Waals surface area contributed by atoms with Crippen LogP contribution in [0.2, 0.25) is 0 Å². The minimum absolute atomic E-state index is 0.0306. The van der Waals surface area contributed by atoms with E-state index in [1.54, 1.807) is 25.1 Å². The summed E-state index contributed by atoms with van der Waals surface area (Å²) in [4.78, 5) is 54.7. The number of ether oxygens (including phenoxy) is 2. The second kappa shape index (κ2) is 9.58. The SMILES string of the molecule is COC(=O)c1sc(N2C(=O)C(=O)/C(=C(/O)c3cccc(OC)c3)C2c2ccc([N+](=O)[O-])cc2)nc1C. The highest BCUT2D eigenvalue weighted by molar-refractivity contribution is 7.17. The number of carbonyl (C=O) groups excluding carboxylic acids is 3. The number of non-ortho nitro benzene ring substituents is 1. The molecular formula is C24H19N3O8S. The van der Waals surface area contributed by atoms with E-state index in [-0.39, 0.29) is 26.8 Å². The standard InChI is InChI=1S/C24H19N3O8S/c1-12-21(23(31)35-3)36-24(25-12)26-18(13-7-9-15(10-8-13)27(32)33)17(20(29)22(26)30)19(28)14-5-4-6-16(11-14)34-2/h4-11,18,28H,1-3H3/b19-17+. The van der Waals surface area contributed by atoms with Crippen LogP contribution in [0.25, 0.3) is 5.76 Å². The van der Waals surface area contributed by atoms with Gasteiger partial charge in [0, 0.05) is 17.7 Å². The Bertz CT molecular complexity index is 1430. The Kier molecular flexibility index (Phi) is 6.53. The molecule has 1 aliphatic rings. The number of carbonyl (C=O) groups is 3. The van der Waals surface area contributed by atoms with Gasteiger partial charge < -0.3 is 14.6 Å². The Labute approximate surface area is 208 Å². The molecule has 0 aliphatic carbocycles. The highest BCUT2D eigenvalue weighted by Gasteiger charge is 2.48. The molecule has 11 nitrogen and oxygen atoms in total. The van der Waals surface area contributed by atoms with Crippen LogP contribution < -0.4 is 9.64 Å². The van der Waals surface area contributed by atoms with Crippen molar-refractivity contribution in [2.75, 3.05) is 19.1 Å². The number of hydrogen-bond donors (Lipinski definition) is 1. The summed E-state index contributed by atoms with van der Waals surface area (Å²) in [6.07, 6.45) is 0. The molecule has 1 atom stereocenters. The van der Waals surface area contributed by atoms with Crippen molar-refractivity contribution in [2.45, 2.75) is 13.0 Å². The summed E-state index contributed by atoms with van der Waals surface area (Å²) in [6, 6.07) is 10.4. The van der Waals surface area contributed by atoms with Crippen molar-refractivity contribution in [2.24, 2.45) is 0 Å². The molecule has 1 N–H and O–H groups in total. The zero-order valence-electron chi connectivity index (χ0n) is 19.3. The number of aromatic nitrogens is 1. The molecule has 2 aromatic carbocycles. The lowest BCUT2D eigenvalue weighted by Gasteiger charge is -2.23. The molecule has 1 aliphatic heterocycles. The van der Waals surface area contributed by atoms with Gasteiger partial charge in [-0.25, -0.2) is 9.78 Å². The summed E-state index contributed by atoms with van der Waals surface area (Å²) in [7, 11) is 2.65. The average molecular weight is 509 g/mol. The number of hydrogen-bond acceptors (Lipinski definition) is 10. The summed E-state index contributed by atoms with van der Waals surface area (Å²) in [5, 5.41) is 22.4. The summed E-state index contributed by atoms with van der Waals surface area (Å²) < 4.78 is 9.95. The van der Waals surface area contributed by atoms with Gasteiger partial charge in [0.2, 0.25) is 0 Å². The maximum Gasteiger partial charge on any atom is 0.350 e. The molecular weight excluding hydrogens is 490 g/mol. The lowest BCUT2D eigenvalue weighted by atomic mass is 9.95. The Morgan fingerprint density at radius 1 is 1.17 bits per heavy atom. The Hall–Kier alpha value is -4.58. The van der Waals surface area contributed by atoms with Crippen molar-refractivity contribution in [3.63, 3.8) is 0 Å². The van der Waals surface area contributed by atoms with Gasteiger partial charge in [0.05, 0.1) is 36.5 Å². The molecule has 36 heavy (non-hydrogen) atoms. The van der Waals surface area contributed by atoms with E-state index in [4.69, 9.17) is 9.47 Å². The van der Waals surface area contributed by atoms with Crippen molar-refractivity contribution in [1.82, 2.24) is 4.98 Å². The number of ketones is 1. The third-order valence-corrected chi connectivity index (χ3v) is 6.71. The van der Waals surface area contributed by atoms with Crippen LogP contribution in [0.4, 0.5) is 10.8 Å². The summed E-state index contributed by atoms with van der Waals surface area (Å²) in [5.41, 5.74) is 0.400. The van der Waals surface area contributed by atoms with Crippen LogP contribution in [-0.4, -0.2) is 46.9 Å². The van der Waals surface area contributed by atoms with Gasteiger partial charge in [-0.15, -0.1) is 0 Å². The smallest absolute Gasteiger partial charge is 0.350 e. The first-order valence-corrected chi connectivity index (χ1v) is 11.2. The largest absolute Gasteiger partial charge is 0.507 e. The topological polar surface area (TPSA) is 149 Å². The van der Waals surface area contributed by atoms with Crippen LogP contribution in [0.1, 0.15) is 32.5 Å². The molecule has 2 heterocycles. The lowest BCUT2D eigenvalue weighted by molar-refractivity contribution is -0.384. The van der Waals surface area contributed by atoms with Crippen LogP contribution in [0.5, 0.6) is 5.75 Å². The molecule has 0 bridgehead atoms. The molecule has 0 spiro atoms.